The summed E-state index contributed by atoms with van der Waals surface area (Å²) in [6.45, 7) is 3.62. The van der Waals surface area contributed by atoms with Gasteiger partial charge in [-0.15, -0.1) is 0 Å². The number of benzene rings is 1. The molecule has 1 unspecified atom stereocenters. The molecule has 0 spiro atoms. The van der Waals surface area contributed by atoms with E-state index in [1.54, 1.807) is 0 Å². The van der Waals surface area contributed by atoms with Crippen molar-refractivity contribution in [2.45, 2.75) is 31.8 Å². The molecule has 0 bridgehead atoms. The molecule has 0 aromatic heterocycles. The number of hydrogen-bond donors (Lipinski definition) is 1. The Morgan fingerprint density at radius 3 is 2.65 bits per heavy atom. The van der Waals surface area contributed by atoms with E-state index in [2.05, 4.69) is 11.8 Å². The van der Waals surface area contributed by atoms with Crippen LogP contribution in [0.15, 0.2) is 18.2 Å². The maximum Gasteiger partial charge on any atom is 0.130 e. The van der Waals surface area contributed by atoms with Crippen molar-refractivity contribution in [1.82, 2.24) is 4.90 Å². The Hall–Kier alpha value is -1.00. The first kappa shape index (κ1) is 12.5. The van der Waals surface area contributed by atoms with Crippen LogP contribution < -0.4 is 5.73 Å². The van der Waals surface area contributed by atoms with Gasteiger partial charge in [-0.05, 0) is 25.5 Å². The molecule has 1 aromatic rings. The first-order chi connectivity index (χ1) is 8.11. The van der Waals surface area contributed by atoms with Gasteiger partial charge < -0.3 is 5.73 Å². The van der Waals surface area contributed by atoms with Crippen LogP contribution in [-0.2, 0) is 0 Å². The van der Waals surface area contributed by atoms with Crippen molar-refractivity contribution in [3.63, 3.8) is 0 Å². The number of hydrogen-bond acceptors (Lipinski definition) is 2. The summed E-state index contributed by atoms with van der Waals surface area (Å²) in [6.07, 6.45) is 2.40. The second kappa shape index (κ2) is 5.10. The normalized spacial score (nSPS) is 17.5. The largest absolute Gasteiger partial charge is 0.323 e. The van der Waals surface area contributed by atoms with Gasteiger partial charge in [-0.1, -0.05) is 13.0 Å². The second-order valence-electron chi connectivity index (χ2n) is 4.59. The fourth-order valence-electron chi connectivity index (χ4n) is 2.13. The average Bonchev–Trinajstić information content (AvgIpc) is 3.09. The van der Waals surface area contributed by atoms with Crippen LogP contribution in [-0.4, -0.2) is 24.0 Å². The summed E-state index contributed by atoms with van der Waals surface area (Å²) in [4.78, 5) is 2.26. The summed E-state index contributed by atoms with van der Waals surface area (Å²) in [5.41, 5.74) is 6.38. The van der Waals surface area contributed by atoms with Gasteiger partial charge in [0.1, 0.15) is 11.6 Å². The lowest BCUT2D eigenvalue weighted by Gasteiger charge is -2.24. The molecule has 2 N–H and O–H groups in total. The van der Waals surface area contributed by atoms with E-state index in [1.165, 1.54) is 25.0 Å². The van der Waals surface area contributed by atoms with Gasteiger partial charge in [0.25, 0.3) is 0 Å². The lowest BCUT2D eigenvalue weighted by molar-refractivity contribution is 0.258. The molecule has 94 valence electrons. The Morgan fingerprint density at radius 2 is 2.12 bits per heavy atom. The van der Waals surface area contributed by atoms with E-state index < -0.39 is 17.7 Å². The number of rotatable bonds is 5. The van der Waals surface area contributed by atoms with E-state index in [1.807, 2.05) is 0 Å². The van der Waals surface area contributed by atoms with Crippen LogP contribution in [0.1, 0.15) is 31.4 Å². The van der Waals surface area contributed by atoms with Crippen LogP contribution in [0, 0.1) is 11.6 Å². The molecule has 1 aromatic carbocycles. The predicted octanol–water partition coefficient (Wildman–Crippen LogP) is 2.45. The maximum absolute atomic E-state index is 13.5. The molecule has 1 atom stereocenters. The van der Waals surface area contributed by atoms with E-state index in [-0.39, 0.29) is 0 Å². The first-order valence-electron chi connectivity index (χ1n) is 6.06. The summed E-state index contributed by atoms with van der Waals surface area (Å²) in [5.74, 6) is -1.11. The van der Waals surface area contributed by atoms with Crippen molar-refractivity contribution in [1.29, 1.82) is 0 Å². The van der Waals surface area contributed by atoms with Gasteiger partial charge in [-0.2, -0.15) is 0 Å². The molecule has 1 fully saturated rings. The van der Waals surface area contributed by atoms with Crippen molar-refractivity contribution in [2.24, 2.45) is 5.73 Å². The summed E-state index contributed by atoms with van der Waals surface area (Å²) in [5, 5.41) is 0. The average molecular weight is 240 g/mol. The number of likely N-dealkylation sites (N-methyl/N-ethyl adjacent to an activating group) is 1. The van der Waals surface area contributed by atoms with Gasteiger partial charge in [0.05, 0.1) is 0 Å². The van der Waals surface area contributed by atoms with Gasteiger partial charge in [0.15, 0.2) is 0 Å². The highest BCUT2D eigenvalue weighted by Crippen LogP contribution is 2.28. The third kappa shape index (κ3) is 3.01. The fraction of sp³-hybridized carbons (Fsp3) is 0.538. The molecule has 1 saturated carbocycles. The molecular weight excluding hydrogens is 222 g/mol. The minimum absolute atomic E-state index is 0.392. The van der Waals surface area contributed by atoms with Crippen molar-refractivity contribution in [3.05, 3.63) is 35.4 Å². The topological polar surface area (TPSA) is 29.3 Å². The zero-order chi connectivity index (χ0) is 12.4. The Morgan fingerprint density at radius 1 is 1.41 bits per heavy atom. The standard InChI is InChI=1S/C13H18F2N2/c1-2-17(10-4-5-10)8-13(16)11-6-3-9(14)7-12(11)15/h3,6-7,10,13H,2,4-5,8,16H2,1H3. The minimum atomic E-state index is -0.562. The van der Waals surface area contributed by atoms with Crippen LogP contribution in [0.25, 0.3) is 0 Å². The number of halogens is 2. The SMILES string of the molecule is CCN(CC(N)c1ccc(F)cc1F)C1CC1. The summed E-state index contributed by atoms with van der Waals surface area (Å²) in [6, 6.07) is 3.80. The smallest absolute Gasteiger partial charge is 0.130 e. The molecule has 1 aliphatic carbocycles. The van der Waals surface area contributed by atoms with Crippen LogP contribution in [0.2, 0.25) is 0 Å². The van der Waals surface area contributed by atoms with E-state index in [0.29, 0.717) is 18.2 Å². The highest BCUT2D eigenvalue weighted by atomic mass is 19.1. The lowest BCUT2D eigenvalue weighted by atomic mass is 10.1. The highest BCUT2D eigenvalue weighted by Gasteiger charge is 2.29. The molecule has 2 rings (SSSR count). The molecule has 0 radical (unpaired) electrons. The third-order valence-corrected chi connectivity index (χ3v) is 3.26. The van der Waals surface area contributed by atoms with Crippen molar-refractivity contribution in [3.8, 4) is 0 Å². The second-order valence-corrected chi connectivity index (χ2v) is 4.59. The summed E-state index contributed by atoms with van der Waals surface area (Å²) < 4.78 is 26.3. The molecular formula is C13H18F2N2. The van der Waals surface area contributed by atoms with Gasteiger partial charge in [0.2, 0.25) is 0 Å². The molecule has 2 nitrogen and oxygen atoms in total. The highest BCUT2D eigenvalue weighted by molar-refractivity contribution is 5.22. The molecule has 0 aliphatic heterocycles. The Balaban J connectivity index is 2.05. The van der Waals surface area contributed by atoms with Crippen LogP contribution in [0.5, 0.6) is 0 Å². The minimum Gasteiger partial charge on any atom is -0.323 e. The molecule has 0 heterocycles. The van der Waals surface area contributed by atoms with Crippen molar-refractivity contribution < 1.29 is 8.78 Å². The van der Waals surface area contributed by atoms with E-state index in [4.69, 9.17) is 5.73 Å². The zero-order valence-electron chi connectivity index (χ0n) is 10.00. The van der Waals surface area contributed by atoms with Crippen molar-refractivity contribution >= 4 is 0 Å². The lowest BCUT2D eigenvalue weighted by Crippen LogP contribution is -2.34. The Kier molecular flexibility index (Phi) is 3.74. The maximum atomic E-state index is 13.5. The van der Waals surface area contributed by atoms with Gasteiger partial charge in [0, 0.05) is 30.3 Å². The Bertz CT molecular complexity index is 391. The predicted molar refractivity (Wildman–Crippen MR) is 63.6 cm³/mol. The number of nitrogens with two attached hydrogens (primary N) is 1. The first-order valence-corrected chi connectivity index (χ1v) is 6.06. The molecule has 4 heteroatoms. The fourth-order valence-corrected chi connectivity index (χ4v) is 2.13. The van der Waals surface area contributed by atoms with Crippen LogP contribution >= 0.6 is 0 Å². The summed E-state index contributed by atoms with van der Waals surface area (Å²) >= 11 is 0. The van der Waals surface area contributed by atoms with Crippen LogP contribution in [0.4, 0.5) is 8.78 Å². The number of nitrogens with zero attached hydrogens (tertiary/aromatic N) is 1. The Labute approximate surface area is 100 Å². The van der Waals surface area contributed by atoms with E-state index in [9.17, 15) is 8.78 Å². The molecule has 0 amide bonds. The van der Waals surface area contributed by atoms with Gasteiger partial charge in [-0.25, -0.2) is 8.78 Å². The summed E-state index contributed by atoms with van der Waals surface area (Å²) in [7, 11) is 0. The van der Waals surface area contributed by atoms with E-state index >= 15 is 0 Å². The van der Waals surface area contributed by atoms with Gasteiger partial charge >= 0.3 is 0 Å². The van der Waals surface area contributed by atoms with E-state index in [0.717, 1.165) is 12.6 Å². The van der Waals surface area contributed by atoms with Gasteiger partial charge in [-0.3, -0.25) is 4.90 Å². The monoisotopic (exact) mass is 240 g/mol. The quantitative estimate of drug-likeness (QED) is 0.856. The molecule has 17 heavy (non-hydrogen) atoms. The van der Waals surface area contributed by atoms with Crippen LogP contribution in [0.3, 0.4) is 0 Å². The zero-order valence-corrected chi connectivity index (χ0v) is 10.00. The third-order valence-electron chi connectivity index (χ3n) is 3.26. The van der Waals surface area contributed by atoms with Crippen molar-refractivity contribution in [2.75, 3.05) is 13.1 Å². The molecule has 1 aliphatic rings. The molecule has 0 saturated heterocycles.